The summed E-state index contributed by atoms with van der Waals surface area (Å²) in [7, 11) is 0. The molecule has 41 heavy (non-hydrogen) atoms. The Balaban J connectivity index is 3.30. The average Bonchev–Trinajstić information content (AvgIpc) is 2.76. The molecule has 0 bridgehead atoms. The van der Waals surface area contributed by atoms with E-state index < -0.39 is 107 Å². The van der Waals surface area contributed by atoms with Crippen LogP contribution in [0.25, 0.3) is 0 Å². The van der Waals surface area contributed by atoms with Crippen LogP contribution in [-0.4, -0.2) is 48.0 Å². The zero-order valence-corrected chi connectivity index (χ0v) is 22.9. The number of carbonyl (C=O) groups is 2. The van der Waals surface area contributed by atoms with Gasteiger partial charge in [0.2, 0.25) is 0 Å². The number of alkyl halides is 14. The Hall–Kier alpha value is -2.09. The summed E-state index contributed by atoms with van der Waals surface area (Å²) in [5, 5.41) is 0. The van der Waals surface area contributed by atoms with Crippen molar-refractivity contribution in [1.82, 2.24) is 0 Å². The second-order valence-corrected chi connectivity index (χ2v) is 11.9. The monoisotopic (exact) mass is 742 g/mol. The molecule has 0 N–H and O–H groups in total. The number of benzene rings is 1. The van der Waals surface area contributed by atoms with E-state index in [0.717, 1.165) is 32.0 Å². The van der Waals surface area contributed by atoms with Gasteiger partial charge in [-0.15, -0.1) is 0 Å². The molecule has 0 amide bonds. The zero-order valence-electron chi connectivity index (χ0n) is 20.8. The fourth-order valence-electron chi connectivity index (χ4n) is 3.20. The molecule has 4 nitrogen and oxygen atoms in total. The first-order chi connectivity index (χ1) is 18.3. The summed E-state index contributed by atoms with van der Waals surface area (Å²) in [5.74, 6) is -25.8. The van der Waals surface area contributed by atoms with Gasteiger partial charge < -0.3 is 0 Å². The summed E-state index contributed by atoms with van der Waals surface area (Å²) in [5.41, 5.74) is -0.381. The molecule has 0 aliphatic carbocycles. The topological polar surface area (TPSA) is 52.6 Å². The van der Waals surface area contributed by atoms with Crippen LogP contribution in [0.15, 0.2) is 18.2 Å². The molecule has 0 aliphatic rings. The van der Waals surface area contributed by atoms with Crippen molar-refractivity contribution in [3.8, 4) is 0 Å². The van der Waals surface area contributed by atoms with Gasteiger partial charge in [-0.1, -0.05) is 0 Å². The Labute approximate surface area is 231 Å². The standard InChI is InChI=1S/C22H21F14IO4/c1-12(38)40-37(41-13(2)39)16-8-7-14(5-3-9-17(23,24)19(27,28)21(31,32)33)15(11-16)6-4-10-18(25,26)20(29,30)22(34,35)36/h7-8,11H,3-6,9-10H2,1-2H3. The van der Waals surface area contributed by atoms with Crippen molar-refractivity contribution >= 4 is 32.6 Å². The van der Waals surface area contributed by atoms with Gasteiger partial charge in [0.15, 0.2) is 0 Å². The van der Waals surface area contributed by atoms with Crippen molar-refractivity contribution in [1.29, 1.82) is 0 Å². The van der Waals surface area contributed by atoms with Gasteiger partial charge in [0.1, 0.15) is 0 Å². The third-order valence-corrected chi connectivity index (χ3v) is 8.94. The van der Waals surface area contributed by atoms with Gasteiger partial charge in [-0.05, 0) is 0 Å². The SMILES string of the molecule is CC(=O)OI(OC(C)=O)c1ccc(CCCC(F)(F)C(F)(F)C(F)(F)F)c(CCCC(F)(F)C(F)(F)C(F)(F)F)c1. The molecule has 1 rings (SSSR count). The van der Waals surface area contributed by atoms with Crippen molar-refractivity contribution in [3.05, 3.63) is 32.9 Å². The van der Waals surface area contributed by atoms with Gasteiger partial charge in [-0.25, -0.2) is 0 Å². The fraction of sp³-hybridized carbons (Fsp3) is 0.636. The normalized spacial score (nSPS) is 14.1. The molecule has 0 aromatic heterocycles. The summed E-state index contributed by atoms with van der Waals surface area (Å²) in [6.07, 6.45) is -20.8. The molecule has 1 aromatic carbocycles. The number of halogens is 15. The van der Waals surface area contributed by atoms with Crippen molar-refractivity contribution in [3.63, 3.8) is 0 Å². The molecule has 19 heteroatoms. The fourth-order valence-corrected chi connectivity index (χ4v) is 6.03. The predicted molar refractivity (Wildman–Crippen MR) is 120 cm³/mol. The molecule has 0 atom stereocenters. The van der Waals surface area contributed by atoms with E-state index >= 15 is 0 Å². The average molecular weight is 742 g/mol. The summed E-state index contributed by atoms with van der Waals surface area (Å²) in [6.45, 7) is 1.84. The molecule has 0 saturated heterocycles. The molecule has 0 spiro atoms. The van der Waals surface area contributed by atoms with Crippen LogP contribution in [0.1, 0.15) is 50.7 Å². The van der Waals surface area contributed by atoms with E-state index in [1.165, 1.54) is 0 Å². The van der Waals surface area contributed by atoms with Crippen LogP contribution >= 0.6 is 20.6 Å². The van der Waals surface area contributed by atoms with Crippen molar-refractivity contribution < 1.29 is 77.2 Å². The van der Waals surface area contributed by atoms with E-state index in [-0.39, 0.29) is 14.7 Å². The van der Waals surface area contributed by atoms with E-state index in [2.05, 4.69) is 0 Å². The minimum atomic E-state index is -6.60. The summed E-state index contributed by atoms with van der Waals surface area (Å²) < 4.78 is 191. The van der Waals surface area contributed by atoms with E-state index in [0.29, 0.717) is 0 Å². The molecule has 0 saturated carbocycles. The first kappa shape index (κ1) is 36.9. The Bertz CT molecular complexity index is 1050. The molecule has 0 unspecified atom stereocenters. The van der Waals surface area contributed by atoms with Crippen LogP contribution < -0.4 is 0 Å². The van der Waals surface area contributed by atoms with Crippen LogP contribution in [0.4, 0.5) is 61.5 Å². The van der Waals surface area contributed by atoms with Crippen molar-refractivity contribution in [2.75, 3.05) is 0 Å². The molecule has 0 heterocycles. The quantitative estimate of drug-likeness (QED) is 0.150. The van der Waals surface area contributed by atoms with Crippen LogP contribution in [-0.2, 0) is 28.6 Å². The first-order valence-corrected chi connectivity index (χ1v) is 14.0. The van der Waals surface area contributed by atoms with Gasteiger partial charge in [0.25, 0.3) is 0 Å². The maximum absolute atomic E-state index is 13.7. The summed E-state index contributed by atoms with van der Waals surface area (Å²) in [6, 6.07) is 3.10. The summed E-state index contributed by atoms with van der Waals surface area (Å²) in [4.78, 5) is 22.7. The van der Waals surface area contributed by atoms with Gasteiger partial charge in [0.05, 0.1) is 0 Å². The number of aryl methyl sites for hydroxylation is 2. The second kappa shape index (κ2) is 13.0. The van der Waals surface area contributed by atoms with Crippen LogP contribution in [0, 0.1) is 3.57 Å². The second-order valence-electron chi connectivity index (χ2n) is 8.53. The molecule has 0 aliphatic heterocycles. The molecule has 1 aromatic rings. The van der Waals surface area contributed by atoms with Crippen molar-refractivity contribution in [2.24, 2.45) is 0 Å². The molecular formula is C22H21F14IO4. The van der Waals surface area contributed by atoms with E-state index in [4.69, 9.17) is 6.13 Å². The van der Waals surface area contributed by atoms with Crippen LogP contribution in [0.2, 0.25) is 0 Å². The van der Waals surface area contributed by atoms with Gasteiger partial charge in [0, 0.05) is 0 Å². The maximum atomic E-state index is 13.7. The van der Waals surface area contributed by atoms with Gasteiger partial charge in [-0.2, -0.15) is 0 Å². The van der Waals surface area contributed by atoms with E-state index in [1.54, 1.807) is 0 Å². The van der Waals surface area contributed by atoms with Crippen molar-refractivity contribution in [2.45, 2.75) is 88.4 Å². The van der Waals surface area contributed by atoms with E-state index in [9.17, 15) is 71.1 Å². The third-order valence-electron chi connectivity index (χ3n) is 5.21. The van der Waals surface area contributed by atoms with Gasteiger partial charge >= 0.3 is 231 Å². The number of rotatable bonds is 13. The molecular weight excluding hydrogens is 721 g/mol. The Kier molecular flexibility index (Phi) is 11.8. The molecule has 238 valence electrons. The first-order valence-electron chi connectivity index (χ1n) is 11.1. The van der Waals surface area contributed by atoms with E-state index in [1.807, 2.05) is 0 Å². The molecule has 0 radical (unpaired) electrons. The zero-order chi connectivity index (χ0) is 32.2. The third kappa shape index (κ3) is 9.20. The Morgan fingerprint density at radius 2 is 1.00 bits per heavy atom. The minimum absolute atomic E-state index is 0.0698. The van der Waals surface area contributed by atoms with Gasteiger partial charge in [-0.3, -0.25) is 0 Å². The van der Waals surface area contributed by atoms with Crippen LogP contribution in [0.5, 0.6) is 0 Å². The number of hydrogen-bond donors (Lipinski definition) is 0. The Morgan fingerprint density at radius 3 is 1.34 bits per heavy atom. The number of hydrogen-bond acceptors (Lipinski definition) is 4. The van der Waals surface area contributed by atoms with Crippen LogP contribution in [0.3, 0.4) is 0 Å². The molecule has 0 fully saturated rings. The Morgan fingerprint density at radius 1 is 0.634 bits per heavy atom. The summed E-state index contributed by atoms with van der Waals surface area (Å²) >= 11 is -3.64. The number of carbonyl (C=O) groups excluding carboxylic acids is 2. The predicted octanol–water partition coefficient (Wildman–Crippen LogP) is 8.63.